The summed E-state index contributed by atoms with van der Waals surface area (Å²) in [4.78, 5) is 12.4. The maximum Gasteiger partial charge on any atom is 0.304 e. The summed E-state index contributed by atoms with van der Waals surface area (Å²) in [5, 5.41) is 18.9. The largest absolute Gasteiger partial charge is 0.481 e. The van der Waals surface area contributed by atoms with Gasteiger partial charge in [0.1, 0.15) is 0 Å². The molecule has 1 unspecified atom stereocenters. The van der Waals surface area contributed by atoms with E-state index in [-0.39, 0.29) is 6.42 Å². The van der Waals surface area contributed by atoms with E-state index in [0.717, 1.165) is 5.56 Å². The van der Waals surface area contributed by atoms with Crippen LogP contribution in [0.5, 0.6) is 0 Å². The lowest BCUT2D eigenvalue weighted by molar-refractivity contribution is -0.137. The number of rotatable bonds is 7. The standard InChI is InChI=1S/C18H27NO3/c1-19(12-11-18(21)22)13-17(20)16-9-7-15(8-10-16)14-5-3-2-4-6-14/h7-10,14,17,20H,2-6,11-13H2,1H3,(H,21,22). The number of likely N-dealkylation sites (N-methyl/N-ethyl adjacent to an activating group) is 1. The van der Waals surface area contributed by atoms with E-state index in [9.17, 15) is 9.90 Å². The minimum atomic E-state index is -0.807. The lowest BCUT2D eigenvalue weighted by Gasteiger charge is -2.23. The van der Waals surface area contributed by atoms with Crippen LogP contribution in [0.4, 0.5) is 0 Å². The highest BCUT2D eigenvalue weighted by molar-refractivity contribution is 5.66. The van der Waals surface area contributed by atoms with Crippen molar-refractivity contribution in [1.82, 2.24) is 4.90 Å². The molecule has 2 rings (SSSR count). The van der Waals surface area contributed by atoms with Gasteiger partial charge in [-0.25, -0.2) is 0 Å². The van der Waals surface area contributed by atoms with Crippen LogP contribution in [0.15, 0.2) is 24.3 Å². The highest BCUT2D eigenvalue weighted by Crippen LogP contribution is 2.33. The second-order valence-electron chi connectivity index (χ2n) is 6.42. The van der Waals surface area contributed by atoms with Gasteiger partial charge in [-0.15, -0.1) is 0 Å². The zero-order chi connectivity index (χ0) is 15.9. The molecule has 1 aromatic carbocycles. The van der Waals surface area contributed by atoms with Crippen molar-refractivity contribution >= 4 is 5.97 Å². The summed E-state index contributed by atoms with van der Waals surface area (Å²) < 4.78 is 0. The van der Waals surface area contributed by atoms with Crippen LogP contribution in [0.25, 0.3) is 0 Å². The van der Waals surface area contributed by atoms with E-state index in [1.807, 2.05) is 24.1 Å². The number of aliphatic carboxylic acids is 1. The first-order chi connectivity index (χ1) is 10.6. The fourth-order valence-corrected chi connectivity index (χ4v) is 3.20. The molecular formula is C18H27NO3. The molecule has 22 heavy (non-hydrogen) atoms. The number of hydrogen-bond donors (Lipinski definition) is 2. The van der Waals surface area contributed by atoms with Crippen molar-refractivity contribution in [1.29, 1.82) is 0 Å². The molecule has 122 valence electrons. The van der Waals surface area contributed by atoms with Crippen LogP contribution in [0.1, 0.15) is 61.7 Å². The van der Waals surface area contributed by atoms with Crippen molar-refractivity contribution < 1.29 is 15.0 Å². The molecule has 1 aliphatic carbocycles. The van der Waals surface area contributed by atoms with Crippen LogP contribution in [-0.2, 0) is 4.79 Å². The number of carbonyl (C=O) groups is 1. The van der Waals surface area contributed by atoms with E-state index >= 15 is 0 Å². The highest BCUT2D eigenvalue weighted by atomic mass is 16.4. The number of carboxylic acid groups (broad SMARTS) is 1. The molecule has 0 bridgehead atoms. The third-order valence-corrected chi connectivity index (χ3v) is 4.59. The van der Waals surface area contributed by atoms with Crippen molar-refractivity contribution in [2.45, 2.75) is 50.5 Å². The number of aliphatic hydroxyl groups is 1. The maximum atomic E-state index is 10.6. The SMILES string of the molecule is CN(CCC(=O)O)CC(O)c1ccc(C2CCCCC2)cc1. The number of carboxylic acids is 1. The molecule has 2 N–H and O–H groups in total. The molecule has 1 saturated carbocycles. The average Bonchev–Trinajstić information content (AvgIpc) is 2.54. The zero-order valence-electron chi connectivity index (χ0n) is 13.4. The van der Waals surface area contributed by atoms with Crippen LogP contribution in [-0.4, -0.2) is 41.2 Å². The van der Waals surface area contributed by atoms with Gasteiger partial charge in [0.25, 0.3) is 0 Å². The van der Waals surface area contributed by atoms with E-state index in [2.05, 4.69) is 12.1 Å². The molecule has 0 aliphatic heterocycles. The van der Waals surface area contributed by atoms with Gasteiger partial charge >= 0.3 is 5.97 Å². The zero-order valence-corrected chi connectivity index (χ0v) is 13.4. The Hall–Kier alpha value is -1.39. The van der Waals surface area contributed by atoms with Gasteiger partial charge in [0.05, 0.1) is 12.5 Å². The molecule has 4 heteroatoms. The Labute approximate surface area is 132 Å². The minimum Gasteiger partial charge on any atom is -0.481 e. The minimum absolute atomic E-state index is 0.101. The Morgan fingerprint density at radius 1 is 1.23 bits per heavy atom. The summed E-state index contributed by atoms with van der Waals surface area (Å²) >= 11 is 0. The molecule has 0 radical (unpaired) electrons. The highest BCUT2D eigenvalue weighted by Gasteiger charge is 2.16. The Kier molecular flexibility index (Phi) is 6.40. The van der Waals surface area contributed by atoms with E-state index in [1.54, 1.807) is 0 Å². The van der Waals surface area contributed by atoms with Gasteiger partial charge in [0.15, 0.2) is 0 Å². The summed E-state index contributed by atoms with van der Waals surface area (Å²) in [5.41, 5.74) is 2.29. The summed E-state index contributed by atoms with van der Waals surface area (Å²) in [6.07, 6.45) is 6.09. The van der Waals surface area contributed by atoms with Gasteiger partial charge in [-0.2, -0.15) is 0 Å². The van der Waals surface area contributed by atoms with Gasteiger partial charge in [-0.3, -0.25) is 4.79 Å². The maximum absolute atomic E-state index is 10.6. The molecule has 0 heterocycles. The van der Waals surface area contributed by atoms with Crippen LogP contribution < -0.4 is 0 Å². The van der Waals surface area contributed by atoms with Gasteiger partial charge < -0.3 is 15.1 Å². The van der Waals surface area contributed by atoms with Crippen LogP contribution in [0, 0.1) is 0 Å². The molecule has 0 amide bonds. The van der Waals surface area contributed by atoms with Gasteiger partial charge in [0, 0.05) is 13.1 Å². The summed E-state index contributed by atoms with van der Waals surface area (Å²) in [5.74, 6) is -0.128. The van der Waals surface area contributed by atoms with E-state index < -0.39 is 12.1 Å². The van der Waals surface area contributed by atoms with E-state index in [0.29, 0.717) is 19.0 Å². The van der Waals surface area contributed by atoms with Gasteiger partial charge in [0.2, 0.25) is 0 Å². The van der Waals surface area contributed by atoms with Gasteiger partial charge in [-0.1, -0.05) is 43.5 Å². The predicted octanol–water partition coefficient (Wildman–Crippen LogP) is 3.17. The molecule has 1 aromatic rings. The molecular weight excluding hydrogens is 278 g/mol. The van der Waals surface area contributed by atoms with E-state index in [4.69, 9.17) is 5.11 Å². The van der Waals surface area contributed by atoms with Crippen molar-refractivity contribution in [3.63, 3.8) is 0 Å². The number of nitrogens with zero attached hydrogens (tertiary/aromatic N) is 1. The first-order valence-corrected chi connectivity index (χ1v) is 8.24. The second kappa shape index (κ2) is 8.30. The molecule has 0 aromatic heterocycles. The molecule has 1 aliphatic rings. The van der Waals surface area contributed by atoms with E-state index in [1.165, 1.54) is 37.7 Å². The molecule has 0 spiro atoms. The number of hydrogen-bond acceptors (Lipinski definition) is 3. The Morgan fingerprint density at radius 3 is 2.45 bits per heavy atom. The van der Waals surface area contributed by atoms with Crippen molar-refractivity contribution in [2.24, 2.45) is 0 Å². The van der Waals surface area contributed by atoms with Crippen molar-refractivity contribution in [2.75, 3.05) is 20.1 Å². The monoisotopic (exact) mass is 305 g/mol. The summed E-state index contributed by atoms with van der Waals surface area (Å²) in [6, 6.07) is 8.32. The lowest BCUT2D eigenvalue weighted by atomic mass is 9.84. The Morgan fingerprint density at radius 2 is 1.86 bits per heavy atom. The third kappa shape index (κ3) is 5.11. The third-order valence-electron chi connectivity index (χ3n) is 4.59. The summed E-state index contributed by atoms with van der Waals surface area (Å²) in [7, 11) is 1.84. The second-order valence-corrected chi connectivity index (χ2v) is 6.42. The topological polar surface area (TPSA) is 60.8 Å². The number of benzene rings is 1. The molecule has 4 nitrogen and oxygen atoms in total. The van der Waals surface area contributed by atoms with Crippen LogP contribution in [0.3, 0.4) is 0 Å². The van der Waals surface area contributed by atoms with Crippen molar-refractivity contribution in [3.05, 3.63) is 35.4 Å². The predicted molar refractivity (Wildman–Crippen MR) is 87.0 cm³/mol. The Bertz CT molecular complexity index is 466. The first-order valence-electron chi connectivity index (χ1n) is 8.24. The Balaban J connectivity index is 1.87. The smallest absolute Gasteiger partial charge is 0.304 e. The molecule has 1 atom stereocenters. The molecule has 0 saturated heterocycles. The van der Waals surface area contributed by atoms with Crippen LogP contribution in [0.2, 0.25) is 0 Å². The van der Waals surface area contributed by atoms with Crippen LogP contribution >= 0.6 is 0 Å². The average molecular weight is 305 g/mol. The normalized spacial score (nSPS) is 17.6. The quantitative estimate of drug-likeness (QED) is 0.812. The van der Waals surface area contributed by atoms with Gasteiger partial charge in [-0.05, 0) is 36.9 Å². The fourth-order valence-electron chi connectivity index (χ4n) is 3.20. The number of aliphatic hydroxyl groups excluding tert-OH is 1. The fraction of sp³-hybridized carbons (Fsp3) is 0.611. The lowest BCUT2D eigenvalue weighted by Crippen LogP contribution is -2.27. The van der Waals surface area contributed by atoms with Crippen molar-refractivity contribution in [3.8, 4) is 0 Å². The first kappa shape index (κ1) is 17.0. The molecule has 1 fully saturated rings. The summed E-state index contributed by atoms with van der Waals surface area (Å²) in [6.45, 7) is 0.905.